The quantitative estimate of drug-likeness (QED) is 0.452. The Morgan fingerprint density at radius 2 is 1.74 bits per heavy atom. The molecule has 3 aromatic carbocycles. The second-order valence-electron chi connectivity index (χ2n) is 5.70. The van der Waals surface area contributed by atoms with E-state index >= 15 is 0 Å². The number of nitrogens with one attached hydrogen (secondary N) is 1. The van der Waals surface area contributed by atoms with E-state index in [4.69, 9.17) is 4.74 Å². The molecule has 0 atom stereocenters. The third-order valence-electron chi connectivity index (χ3n) is 3.73. The Morgan fingerprint density at radius 3 is 2.44 bits per heavy atom. The van der Waals surface area contributed by atoms with Crippen molar-refractivity contribution in [2.75, 3.05) is 0 Å². The molecule has 0 heterocycles. The molecule has 0 aliphatic carbocycles. The van der Waals surface area contributed by atoms with Crippen molar-refractivity contribution in [3.05, 3.63) is 94.0 Å². The maximum Gasteiger partial charge on any atom is 0.275 e. The third-order valence-corrected chi connectivity index (χ3v) is 4.26. The number of phenolic OH excluding ortho intramolecular Hbond substituents is 1. The van der Waals surface area contributed by atoms with Gasteiger partial charge in [-0.05, 0) is 59.7 Å². The Kier molecular flexibility index (Phi) is 6.22. The van der Waals surface area contributed by atoms with Crippen LogP contribution in [0, 0.1) is 0 Å². The van der Waals surface area contributed by atoms with Crippen molar-refractivity contribution >= 4 is 28.1 Å². The van der Waals surface area contributed by atoms with Gasteiger partial charge in [-0.25, -0.2) is 5.43 Å². The number of hydrogen-bond acceptors (Lipinski definition) is 4. The van der Waals surface area contributed by atoms with E-state index in [-0.39, 0.29) is 11.3 Å². The van der Waals surface area contributed by atoms with Crippen LogP contribution in [-0.4, -0.2) is 17.2 Å². The lowest BCUT2D eigenvalue weighted by molar-refractivity contribution is 0.0952. The van der Waals surface area contributed by atoms with E-state index in [2.05, 4.69) is 26.5 Å². The normalized spacial score (nSPS) is 10.7. The molecule has 3 aromatic rings. The summed E-state index contributed by atoms with van der Waals surface area (Å²) in [6.07, 6.45) is 1.52. The number of ether oxygens (including phenoxy) is 1. The highest BCUT2D eigenvalue weighted by Gasteiger charge is 2.08. The second kappa shape index (κ2) is 9.00. The maximum atomic E-state index is 11.9. The molecule has 0 bridgehead atoms. The summed E-state index contributed by atoms with van der Waals surface area (Å²) < 4.78 is 6.78. The van der Waals surface area contributed by atoms with Crippen LogP contribution < -0.4 is 10.2 Å². The zero-order chi connectivity index (χ0) is 19.1. The van der Waals surface area contributed by atoms with Crippen LogP contribution in [0.25, 0.3) is 0 Å². The van der Waals surface area contributed by atoms with Crippen molar-refractivity contribution in [2.45, 2.75) is 6.61 Å². The number of carbonyl (C=O) groups is 1. The number of phenols is 1. The molecule has 0 saturated heterocycles. The Labute approximate surface area is 165 Å². The number of benzene rings is 3. The van der Waals surface area contributed by atoms with Gasteiger partial charge in [0.05, 0.1) is 11.8 Å². The van der Waals surface area contributed by atoms with Crippen molar-refractivity contribution in [1.29, 1.82) is 0 Å². The van der Waals surface area contributed by atoms with E-state index in [0.717, 1.165) is 21.3 Å². The fraction of sp³-hybridized carbons (Fsp3) is 0.0476. The standard InChI is InChI=1S/C21H17BrN2O3/c22-17-9-5-16(6-10-17)14-27-18-11-7-15(8-12-18)13-23-24-21(26)19-3-1-2-4-20(19)25/h1-13,25H,14H2,(H,24,26)/b23-13-. The van der Waals surface area contributed by atoms with E-state index in [0.29, 0.717) is 6.61 Å². The van der Waals surface area contributed by atoms with Gasteiger partial charge in [0.1, 0.15) is 18.1 Å². The smallest absolute Gasteiger partial charge is 0.275 e. The molecule has 136 valence electrons. The summed E-state index contributed by atoms with van der Waals surface area (Å²) in [6.45, 7) is 0.483. The number of halogens is 1. The summed E-state index contributed by atoms with van der Waals surface area (Å²) in [7, 11) is 0. The van der Waals surface area contributed by atoms with Gasteiger partial charge in [0.25, 0.3) is 5.91 Å². The predicted molar refractivity (Wildman–Crippen MR) is 108 cm³/mol. The van der Waals surface area contributed by atoms with Gasteiger partial charge in [-0.1, -0.05) is 40.2 Å². The lowest BCUT2D eigenvalue weighted by atomic mass is 10.2. The summed E-state index contributed by atoms with van der Waals surface area (Å²) >= 11 is 3.40. The molecule has 2 N–H and O–H groups in total. The van der Waals surface area contributed by atoms with Gasteiger partial charge >= 0.3 is 0 Å². The summed E-state index contributed by atoms with van der Waals surface area (Å²) in [4.78, 5) is 11.9. The summed E-state index contributed by atoms with van der Waals surface area (Å²) in [5.74, 6) is 0.185. The van der Waals surface area contributed by atoms with E-state index < -0.39 is 5.91 Å². The van der Waals surface area contributed by atoms with Gasteiger partial charge in [-0.3, -0.25) is 4.79 Å². The molecule has 0 saturated carbocycles. The minimum atomic E-state index is -0.473. The molecule has 0 fully saturated rings. The first-order valence-electron chi connectivity index (χ1n) is 8.20. The van der Waals surface area contributed by atoms with Gasteiger partial charge in [-0.15, -0.1) is 0 Å². The molecule has 0 aliphatic rings. The van der Waals surface area contributed by atoms with Crippen LogP contribution in [0.2, 0.25) is 0 Å². The number of para-hydroxylation sites is 1. The van der Waals surface area contributed by atoms with Crippen LogP contribution in [-0.2, 0) is 6.61 Å². The monoisotopic (exact) mass is 424 g/mol. The second-order valence-corrected chi connectivity index (χ2v) is 6.62. The average molecular weight is 425 g/mol. The molecule has 0 aromatic heterocycles. The summed E-state index contributed by atoms with van der Waals surface area (Å²) in [5, 5.41) is 13.6. The van der Waals surface area contributed by atoms with Crippen LogP contribution >= 0.6 is 15.9 Å². The first-order chi connectivity index (χ1) is 13.1. The molecular weight excluding hydrogens is 408 g/mol. The fourth-order valence-corrected chi connectivity index (χ4v) is 2.55. The van der Waals surface area contributed by atoms with Gasteiger partial charge in [0.15, 0.2) is 0 Å². The highest BCUT2D eigenvalue weighted by molar-refractivity contribution is 9.10. The molecule has 0 radical (unpaired) electrons. The fourth-order valence-electron chi connectivity index (χ4n) is 2.29. The lowest BCUT2D eigenvalue weighted by Gasteiger charge is -2.06. The minimum absolute atomic E-state index is 0.0857. The average Bonchev–Trinajstić information content (AvgIpc) is 2.69. The van der Waals surface area contributed by atoms with E-state index in [9.17, 15) is 9.90 Å². The number of rotatable bonds is 6. The van der Waals surface area contributed by atoms with Gasteiger partial charge in [0.2, 0.25) is 0 Å². The Balaban J connectivity index is 1.52. The van der Waals surface area contributed by atoms with Crippen LogP contribution in [0.1, 0.15) is 21.5 Å². The Morgan fingerprint density at radius 1 is 1.04 bits per heavy atom. The van der Waals surface area contributed by atoms with Crippen molar-refractivity contribution in [3.8, 4) is 11.5 Å². The van der Waals surface area contributed by atoms with E-state index in [1.165, 1.54) is 18.3 Å². The first kappa shape index (κ1) is 18.7. The number of aromatic hydroxyl groups is 1. The number of nitrogens with zero attached hydrogens (tertiary/aromatic N) is 1. The SMILES string of the molecule is O=C(N/N=C\c1ccc(OCc2ccc(Br)cc2)cc1)c1ccccc1O. The van der Waals surface area contributed by atoms with Gasteiger partial charge in [-0.2, -0.15) is 5.10 Å². The largest absolute Gasteiger partial charge is 0.507 e. The first-order valence-corrected chi connectivity index (χ1v) is 9.00. The molecule has 0 aliphatic heterocycles. The van der Waals surface area contributed by atoms with Crippen molar-refractivity contribution in [3.63, 3.8) is 0 Å². The van der Waals surface area contributed by atoms with Crippen LogP contribution in [0.5, 0.6) is 11.5 Å². The van der Waals surface area contributed by atoms with Crippen molar-refractivity contribution < 1.29 is 14.6 Å². The molecule has 5 nitrogen and oxygen atoms in total. The van der Waals surface area contributed by atoms with E-state index in [1.54, 1.807) is 12.1 Å². The third kappa shape index (κ3) is 5.43. The van der Waals surface area contributed by atoms with Gasteiger partial charge < -0.3 is 9.84 Å². The highest BCUT2D eigenvalue weighted by atomic mass is 79.9. The summed E-state index contributed by atoms with van der Waals surface area (Å²) in [6, 6.07) is 21.6. The number of amides is 1. The molecule has 27 heavy (non-hydrogen) atoms. The molecule has 6 heteroatoms. The topological polar surface area (TPSA) is 70.9 Å². The molecular formula is C21H17BrN2O3. The summed E-state index contributed by atoms with van der Waals surface area (Å²) in [5.41, 5.74) is 4.45. The molecule has 3 rings (SSSR count). The van der Waals surface area contributed by atoms with E-state index in [1.807, 2.05) is 48.5 Å². The number of hydrazone groups is 1. The lowest BCUT2D eigenvalue weighted by Crippen LogP contribution is -2.17. The van der Waals surface area contributed by atoms with Crippen LogP contribution in [0.3, 0.4) is 0 Å². The van der Waals surface area contributed by atoms with Gasteiger partial charge in [0, 0.05) is 4.47 Å². The van der Waals surface area contributed by atoms with Crippen molar-refractivity contribution in [2.24, 2.45) is 5.10 Å². The maximum absolute atomic E-state index is 11.9. The Bertz CT molecular complexity index is 938. The predicted octanol–water partition coefficient (Wildman–Crippen LogP) is 4.50. The van der Waals surface area contributed by atoms with Crippen LogP contribution in [0.15, 0.2) is 82.4 Å². The minimum Gasteiger partial charge on any atom is -0.507 e. The Hall–Kier alpha value is -3.12. The molecule has 0 unspecified atom stereocenters. The highest BCUT2D eigenvalue weighted by Crippen LogP contribution is 2.16. The molecule has 1 amide bonds. The van der Waals surface area contributed by atoms with Crippen LogP contribution in [0.4, 0.5) is 0 Å². The van der Waals surface area contributed by atoms with Crippen molar-refractivity contribution in [1.82, 2.24) is 5.43 Å². The zero-order valence-corrected chi connectivity index (χ0v) is 15.9. The number of hydrogen-bond donors (Lipinski definition) is 2. The number of carbonyl (C=O) groups excluding carboxylic acids is 1. The zero-order valence-electron chi connectivity index (χ0n) is 14.3. The molecule has 0 spiro atoms.